The maximum Gasteiger partial charge on any atom is 0.304 e. The van der Waals surface area contributed by atoms with Crippen molar-refractivity contribution in [1.82, 2.24) is 20.5 Å². The molecule has 4 aromatic carbocycles. The predicted molar refractivity (Wildman–Crippen MR) is 175 cm³/mol. The highest BCUT2D eigenvalue weighted by atomic mass is 16.5. The van der Waals surface area contributed by atoms with Gasteiger partial charge >= 0.3 is 5.97 Å². The lowest BCUT2D eigenvalue weighted by atomic mass is 9.99. The van der Waals surface area contributed by atoms with Gasteiger partial charge in [-0.15, -0.1) is 0 Å². The van der Waals surface area contributed by atoms with Crippen molar-refractivity contribution in [2.75, 3.05) is 27.2 Å². The smallest absolute Gasteiger partial charge is 0.304 e. The van der Waals surface area contributed by atoms with Crippen molar-refractivity contribution >= 4 is 33.6 Å². The lowest BCUT2D eigenvalue weighted by Crippen LogP contribution is -2.39. The Morgan fingerprint density at radius 1 is 0.864 bits per heavy atom. The number of nitrogens with zero attached hydrogens (tertiary/aromatic N) is 1. The molecule has 1 amide bonds. The van der Waals surface area contributed by atoms with Crippen molar-refractivity contribution in [3.63, 3.8) is 0 Å². The molecule has 1 heterocycles. The zero-order chi connectivity index (χ0) is 30.9. The summed E-state index contributed by atoms with van der Waals surface area (Å²) in [6.45, 7) is 1.56. The van der Waals surface area contributed by atoms with Crippen LogP contribution in [0.3, 0.4) is 0 Å². The van der Waals surface area contributed by atoms with Crippen molar-refractivity contribution in [1.29, 1.82) is 0 Å². The predicted octanol–water partition coefficient (Wildman–Crippen LogP) is 5.68. The number of aromatic nitrogens is 1. The minimum Gasteiger partial charge on any atom is -0.496 e. The zero-order valence-corrected chi connectivity index (χ0v) is 25.3. The van der Waals surface area contributed by atoms with E-state index >= 15 is 0 Å². The number of H-pyrrole nitrogens is 1. The normalized spacial score (nSPS) is 12.7. The monoisotopic (exact) mass is 592 g/mol. The second-order valence-corrected chi connectivity index (χ2v) is 11.2. The third-order valence-corrected chi connectivity index (χ3v) is 8.09. The van der Waals surface area contributed by atoms with Gasteiger partial charge in [-0.3, -0.25) is 9.59 Å². The summed E-state index contributed by atoms with van der Waals surface area (Å²) in [5, 5.41) is 20.0. The van der Waals surface area contributed by atoms with Crippen LogP contribution in [0.1, 0.15) is 35.6 Å². The Bertz CT molecular complexity index is 1720. The highest BCUT2D eigenvalue weighted by Gasteiger charge is 2.21. The highest BCUT2D eigenvalue weighted by molar-refractivity contribution is 5.84. The molecule has 44 heavy (non-hydrogen) atoms. The molecule has 0 saturated carbocycles. The van der Waals surface area contributed by atoms with E-state index in [1.807, 2.05) is 67.8 Å². The van der Waals surface area contributed by atoms with E-state index in [9.17, 15) is 14.7 Å². The number of amides is 1. The van der Waals surface area contributed by atoms with Gasteiger partial charge in [0.25, 0.3) is 0 Å². The standard InChI is InChI=1S/C36H40N4O4/c1-40(24-28-11-5-8-14-34(28)44-2)35(41)22-33(27-16-15-25-9-3-4-10-26(25)19-27)38-18-17-37-30(21-36(42)43)20-29-23-39-32-13-7-6-12-31(29)32/h3-16,19,23,30,33,37-39H,17-18,20-22,24H2,1-2H3,(H,42,43)/t30?,33-/m0/s1. The average molecular weight is 593 g/mol. The van der Waals surface area contributed by atoms with Gasteiger partial charge < -0.3 is 30.4 Å². The molecule has 0 fully saturated rings. The van der Waals surface area contributed by atoms with Crippen LogP contribution in [-0.4, -0.2) is 60.2 Å². The van der Waals surface area contributed by atoms with Crippen LogP contribution in [0.15, 0.2) is 97.2 Å². The summed E-state index contributed by atoms with van der Waals surface area (Å²) >= 11 is 0. The van der Waals surface area contributed by atoms with Crippen LogP contribution in [0, 0.1) is 0 Å². The molecular formula is C36H40N4O4. The van der Waals surface area contributed by atoms with E-state index in [-0.39, 0.29) is 30.8 Å². The molecule has 0 spiro atoms. The first-order chi connectivity index (χ1) is 21.4. The van der Waals surface area contributed by atoms with Crippen LogP contribution in [0.5, 0.6) is 5.75 Å². The number of hydrogen-bond donors (Lipinski definition) is 4. The first-order valence-electron chi connectivity index (χ1n) is 15.0. The Labute approximate surface area is 258 Å². The SMILES string of the molecule is COc1ccccc1CN(C)C(=O)C[C@H](NCCNC(CC(=O)O)Cc1c[nH]c2ccccc12)c1ccc2ccccc2c1. The lowest BCUT2D eigenvalue weighted by molar-refractivity contribution is -0.137. The van der Waals surface area contributed by atoms with E-state index in [0.29, 0.717) is 26.1 Å². The Balaban J connectivity index is 1.26. The van der Waals surface area contributed by atoms with Gasteiger partial charge in [-0.1, -0.05) is 72.8 Å². The van der Waals surface area contributed by atoms with E-state index in [2.05, 4.69) is 52.0 Å². The molecule has 5 aromatic rings. The molecule has 1 unspecified atom stereocenters. The number of aliphatic carboxylic acids is 1. The summed E-state index contributed by atoms with van der Waals surface area (Å²) in [7, 11) is 3.45. The molecule has 2 atom stereocenters. The topological polar surface area (TPSA) is 107 Å². The second-order valence-electron chi connectivity index (χ2n) is 11.2. The van der Waals surface area contributed by atoms with Crippen LogP contribution in [-0.2, 0) is 22.6 Å². The lowest BCUT2D eigenvalue weighted by Gasteiger charge is -2.25. The van der Waals surface area contributed by atoms with Crippen molar-refractivity contribution in [2.45, 2.75) is 37.9 Å². The van der Waals surface area contributed by atoms with Crippen LogP contribution in [0.25, 0.3) is 21.7 Å². The van der Waals surface area contributed by atoms with E-state index in [1.165, 1.54) is 0 Å². The Kier molecular flexibility index (Phi) is 10.3. The highest BCUT2D eigenvalue weighted by Crippen LogP contribution is 2.25. The molecule has 5 rings (SSSR count). The van der Waals surface area contributed by atoms with Gasteiger partial charge in [-0.05, 0) is 46.5 Å². The third kappa shape index (κ3) is 7.83. The summed E-state index contributed by atoms with van der Waals surface area (Å²) < 4.78 is 5.48. The number of carbonyl (C=O) groups is 2. The van der Waals surface area contributed by atoms with Gasteiger partial charge in [0.1, 0.15) is 5.75 Å². The Morgan fingerprint density at radius 3 is 2.41 bits per heavy atom. The summed E-state index contributed by atoms with van der Waals surface area (Å²) in [6.07, 6.45) is 2.84. The minimum atomic E-state index is -0.840. The fourth-order valence-electron chi connectivity index (χ4n) is 5.76. The number of carboxylic acids is 1. The third-order valence-electron chi connectivity index (χ3n) is 8.09. The molecule has 1 aromatic heterocycles. The number of methoxy groups -OCH3 is 1. The molecular weight excluding hydrogens is 552 g/mol. The number of rotatable bonds is 15. The van der Waals surface area contributed by atoms with Gasteiger partial charge in [0.15, 0.2) is 0 Å². The number of para-hydroxylation sites is 2. The molecule has 0 radical (unpaired) electrons. The number of fused-ring (bicyclic) bond motifs is 2. The summed E-state index contributed by atoms with van der Waals surface area (Å²) in [5.74, 6) is -0.0726. The van der Waals surface area contributed by atoms with Gasteiger partial charge in [0, 0.05) is 67.8 Å². The van der Waals surface area contributed by atoms with Crippen molar-refractivity contribution in [3.05, 3.63) is 114 Å². The molecule has 228 valence electrons. The number of hydrogen-bond acceptors (Lipinski definition) is 5. The summed E-state index contributed by atoms with van der Waals surface area (Å²) in [5.41, 5.74) is 4.11. The van der Waals surface area contributed by atoms with Gasteiger partial charge in [-0.25, -0.2) is 0 Å². The van der Waals surface area contributed by atoms with E-state index < -0.39 is 5.97 Å². The number of carboxylic acid groups (broad SMARTS) is 1. The second kappa shape index (κ2) is 14.7. The summed E-state index contributed by atoms with van der Waals surface area (Å²) in [4.78, 5) is 30.2. The number of ether oxygens (including phenoxy) is 1. The zero-order valence-electron chi connectivity index (χ0n) is 25.3. The molecule has 4 N–H and O–H groups in total. The van der Waals surface area contributed by atoms with E-state index in [1.54, 1.807) is 12.0 Å². The fourth-order valence-corrected chi connectivity index (χ4v) is 5.76. The van der Waals surface area contributed by atoms with Gasteiger partial charge in [0.2, 0.25) is 5.91 Å². The molecule has 0 bridgehead atoms. The van der Waals surface area contributed by atoms with Crippen LogP contribution >= 0.6 is 0 Å². The fraction of sp³-hybridized carbons (Fsp3) is 0.278. The largest absolute Gasteiger partial charge is 0.496 e. The molecule has 0 aliphatic rings. The number of benzene rings is 4. The van der Waals surface area contributed by atoms with Gasteiger partial charge in [-0.2, -0.15) is 0 Å². The van der Waals surface area contributed by atoms with Crippen LogP contribution in [0.2, 0.25) is 0 Å². The Morgan fingerprint density at radius 2 is 1.59 bits per heavy atom. The molecule has 8 heteroatoms. The van der Waals surface area contributed by atoms with Crippen molar-refractivity contribution in [3.8, 4) is 5.75 Å². The molecule has 0 aliphatic heterocycles. The maximum atomic E-state index is 13.5. The first-order valence-corrected chi connectivity index (χ1v) is 15.0. The van der Waals surface area contributed by atoms with E-state index in [4.69, 9.17) is 4.74 Å². The van der Waals surface area contributed by atoms with Gasteiger partial charge in [0.05, 0.1) is 13.5 Å². The van der Waals surface area contributed by atoms with E-state index in [0.717, 1.165) is 44.1 Å². The van der Waals surface area contributed by atoms with Crippen molar-refractivity contribution < 1.29 is 19.4 Å². The van der Waals surface area contributed by atoms with Crippen molar-refractivity contribution in [2.24, 2.45) is 0 Å². The number of aromatic amines is 1. The molecule has 0 saturated heterocycles. The number of nitrogens with one attached hydrogen (secondary N) is 3. The Hall–Kier alpha value is -4.66. The first kappa shape index (κ1) is 30.8. The molecule has 0 aliphatic carbocycles. The minimum absolute atomic E-state index is 0.0117. The van der Waals surface area contributed by atoms with Crippen LogP contribution in [0.4, 0.5) is 0 Å². The quantitative estimate of drug-likeness (QED) is 0.117. The number of carbonyl (C=O) groups excluding carboxylic acids is 1. The summed E-state index contributed by atoms with van der Waals surface area (Å²) in [6, 6.07) is 29.8. The van der Waals surface area contributed by atoms with Crippen LogP contribution < -0.4 is 15.4 Å². The average Bonchev–Trinajstić information content (AvgIpc) is 3.44. The molecule has 8 nitrogen and oxygen atoms in total. The maximum absolute atomic E-state index is 13.5.